The zero-order valence-electron chi connectivity index (χ0n) is 57.8. The summed E-state index contributed by atoms with van der Waals surface area (Å²) in [5.41, 5.74) is 1.96. The van der Waals surface area contributed by atoms with Crippen LogP contribution in [-0.4, -0.2) is 194 Å². The zero-order valence-corrected chi connectivity index (χ0v) is 59.4. The van der Waals surface area contributed by atoms with Gasteiger partial charge in [-0.15, -0.1) is 0 Å². The second kappa shape index (κ2) is 36.3. The van der Waals surface area contributed by atoms with Crippen LogP contribution in [0.15, 0.2) is 104 Å². The highest BCUT2D eigenvalue weighted by Gasteiger charge is 2.48. The number of aromatic amines is 3. The average molecular weight is 1460 g/mol. The lowest BCUT2D eigenvalue weighted by atomic mass is 9.95. The number of imidazole rings is 1. The molecule has 0 aliphatic carbocycles. The number of carbonyl (C=O) groups is 10. The van der Waals surface area contributed by atoms with Gasteiger partial charge in [-0.05, 0) is 155 Å². The van der Waals surface area contributed by atoms with Crippen LogP contribution in [0.25, 0.3) is 21.8 Å². The molecule has 103 heavy (non-hydrogen) atoms. The first kappa shape index (κ1) is 77.3. The Morgan fingerprint density at radius 3 is 1.79 bits per heavy atom. The van der Waals surface area contributed by atoms with Crippen molar-refractivity contribution in [3.05, 3.63) is 155 Å². The third-order valence-electron chi connectivity index (χ3n) is 18.1. The van der Waals surface area contributed by atoms with Gasteiger partial charge in [0.25, 0.3) is 0 Å². The van der Waals surface area contributed by atoms with Crippen molar-refractivity contribution in [3.63, 3.8) is 0 Å². The Kier molecular flexibility index (Phi) is 27.2. The predicted molar refractivity (Wildman–Crippen MR) is 382 cm³/mol. The molecule has 2 bridgehead atoms. The van der Waals surface area contributed by atoms with Crippen molar-refractivity contribution < 1.29 is 71.0 Å². The first-order valence-electron chi connectivity index (χ1n) is 34.0. The molecule has 0 radical (unpaired) electrons. The van der Waals surface area contributed by atoms with E-state index in [0.717, 1.165) is 0 Å². The summed E-state index contributed by atoms with van der Waals surface area (Å²) in [5.74, 6) is -8.84. The molecule has 0 spiro atoms. The maximum Gasteiger partial charge on any atom is 0.305 e. The van der Waals surface area contributed by atoms with Gasteiger partial charge in [-0.1, -0.05) is 18.2 Å². The monoisotopic (exact) mass is 1460 g/mol. The van der Waals surface area contributed by atoms with Gasteiger partial charge in [0.15, 0.2) is 0 Å². The van der Waals surface area contributed by atoms with E-state index in [2.05, 4.69) is 62.5 Å². The summed E-state index contributed by atoms with van der Waals surface area (Å²) in [6.07, 6.45) is 5.29. The molecule has 5 heterocycles. The van der Waals surface area contributed by atoms with Gasteiger partial charge >= 0.3 is 5.97 Å². The van der Waals surface area contributed by atoms with Gasteiger partial charge in [0.2, 0.25) is 53.2 Å². The van der Waals surface area contributed by atoms with E-state index >= 15 is 28.0 Å². The van der Waals surface area contributed by atoms with Gasteiger partial charge < -0.3 is 77.1 Å². The number of unbranched alkanes of at least 4 members (excludes halogenated alkanes) is 1. The van der Waals surface area contributed by atoms with Crippen LogP contribution in [0.4, 0.5) is 13.2 Å². The van der Waals surface area contributed by atoms with Crippen LogP contribution in [0.3, 0.4) is 0 Å². The van der Waals surface area contributed by atoms with Crippen molar-refractivity contribution >= 4 is 104 Å². The number of hydrogen-bond donors (Lipinski definition) is 12. The summed E-state index contributed by atoms with van der Waals surface area (Å²) in [6.45, 7) is 3.96. The van der Waals surface area contributed by atoms with Crippen LogP contribution < -0.4 is 47.3 Å². The molecule has 2 aliphatic heterocycles. The summed E-state index contributed by atoms with van der Waals surface area (Å²) in [5, 5.41) is 32.6. The van der Waals surface area contributed by atoms with E-state index in [1.807, 2.05) is 25.1 Å². The van der Waals surface area contributed by atoms with Crippen molar-refractivity contribution in [2.75, 3.05) is 52.3 Å². The number of nitrogens with one attached hydrogen (secondary N) is 11. The van der Waals surface area contributed by atoms with Crippen molar-refractivity contribution in [2.24, 2.45) is 0 Å². The molecule has 1 fully saturated rings. The number of hydrogen-bond acceptors (Lipinski definition) is 15. The van der Waals surface area contributed by atoms with Crippen LogP contribution in [0, 0.1) is 17.5 Å². The normalized spacial score (nSPS) is 22.6. The summed E-state index contributed by atoms with van der Waals surface area (Å²) < 4.78 is 50.5. The molecule has 3 aromatic heterocycles. The number of ether oxygens (including phenoxy) is 1. The Labute approximate surface area is 601 Å². The Morgan fingerprint density at radius 2 is 1.20 bits per heavy atom. The standard InChI is InChI=1S/C72H87F3N14O12S2/c1-41-64(93)83-56(31-45-37-79-53-16-12-47(73)33-51(45)53)66(95)84-57(32-46-38-80-54-17-13-48(74)34-52(46)54)67(96)86-59(36-63(91)92)69(98)85-58(35-61-76-20-21-77-61)68(97)87-60(30-42-10-14-50(101-5)15-11-42)70(99)89-24-8-19-72(89,2)71(100)78-22-26-103-40-44-27-43(28-49(75)29-44)39-102-25-18-62(90)82-55(65(94)81-41)9-6-7-23-88(3)4/h10-17,20-21,27-29,33-34,37-38,41,55-60,79-80H,6-9,18-19,22-26,30-32,35-36,39-40H2,1-5H3,(H,76,77)(H,78,100)(H,81,94)(H,82,90)(H,83,93)(H,84,95)(H,85,98)(H,86,96)(H,87,97)(H,91,92)/t41-,55+,56+,57+,58+,59+,60+,72+/m1/s1. The number of carboxylic acids is 1. The molecule has 2 aliphatic rings. The minimum Gasteiger partial charge on any atom is -0.497 e. The van der Waals surface area contributed by atoms with Gasteiger partial charge in [-0.2, -0.15) is 23.5 Å². The number of aromatic nitrogens is 4. The predicted octanol–water partition coefficient (Wildman–Crippen LogP) is 4.76. The smallest absolute Gasteiger partial charge is 0.305 e. The van der Waals surface area contributed by atoms with Crippen LogP contribution in [0.5, 0.6) is 5.75 Å². The number of thioether (sulfide) groups is 2. The summed E-state index contributed by atoms with van der Waals surface area (Å²) in [4.78, 5) is 162. The molecule has 1 saturated heterocycles. The molecule has 550 valence electrons. The summed E-state index contributed by atoms with van der Waals surface area (Å²) in [6, 6.07) is 8.05. The van der Waals surface area contributed by atoms with Crippen LogP contribution in [0.2, 0.25) is 0 Å². The van der Waals surface area contributed by atoms with E-state index in [9.17, 15) is 38.3 Å². The average Bonchev–Trinajstić information content (AvgIpc) is 1.59. The lowest BCUT2D eigenvalue weighted by Gasteiger charge is -2.36. The number of fused-ring (bicyclic) bond motifs is 5. The number of halogens is 3. The first-order valence-corrected chi connectivity index (χ1v) is 36.3. The number of amides is 9. The fourth-order valence-electron chi connectivity index (χ4n) is 12.6. The van der Waals surface area contributed by atoms with Crippen LogP contribution in [-0.2, 0) is 85.1 Å². The number of aliphatic carboxylic acids is 1. The third-order valence-corrected chi connectivity index (χ3v) is 20.2. The number of methoxy groups -OCH3 is 1. The van der Waals surface area contributed by atoms with E-state index in [-0.39, 0.29) is 68.4 Å². The molecular formula is C72H87F3N14O12S2. The Morgan fingerprint density at radius 1 is 0.641 bits per heavy atom. The highest BCUT2D eigenvalue weighted by molar-refractivity contribution is 7.98. The van der Waals surface area contributed by atoms with E-state index in [0.29, 0.717) is 93.2 Å². The second-order valence-electron chi connectivity index (χ2n) is 26.2. The molecule has 12 N–H and O–H groups in total. The van der Waals surface area contributed by atoms with Crippen molar-refractivity contribution in [3.8, 4) is 5.75 Å². The molecule has 0 unspecified atom stereocenters. The van der Waals surface area contributed by atoms with Gasteiger partial charge in [-0.25, -0.2) is 18.2 Å². The van der Waals surface area contributed by atoms with Crippen LogP contribution in [0.1, 0.15) is 92.4 Å². The van der Waals surface area contributed by atoms with E-state index in [1.165, 1.54) is 116 Å². The summed E-state index contributed by atoms with van der Waals surface area (Å²) in [7, 11) is 5.26. The molecule has 0 saturated carbocycles. The van der Waals surface area contributed by atoms with Gasteiger partial charge in [0.05, 0.1) is 13.5 Å². The highest BCUT2D eigenvalue weighted by atomic mass is 32.2. The Bertz CT molecular complexity index is 4180. The number of rotatable bonds is 16. The lowest BCUT2D eigenvalue weighted by Crippen LogP contribution is -2.62. The number of benzene rings is 4. The number of carboxylic acid groups (broad SMARTS) is 1. The van der Waals surface area contributed by atoms with Crippen molar-refractivity contribution in [1.29, 1.82) is 0 Å². The third kappa shape index (κ3) is 21.6. The van der Waals surface area contributed by atoms with E-state index < -0.39 is 137 Å². The minimum atomic E-state index is -2.02. The maximum absolute atomic E-state index is 15.2. The van der Waals surface area contributed by atoms with Crippen molar-refractivity contribution in [2.45, 2.75) is 144 Å². The molecule has 4 aromatic carbocycles. The quantitative estimate of drug-likeness (QED) is 0.0581. The lowest BCUT2D eigenvalue weighted by molar-refractivity contribution is -0.146. The van der Waals surface area contributed by atoms with E-state index in [1.54, 1.807) is 31.2 Å². The fourth-order valence-corrected chi connectivity index (χ4v) is 14.2. The zero-order chi connectivity index (χ0) is 73.9. The van der Waals surface area contributed by atoms with Crippen molar-refractivity contribution in [1.82, 2.24) is 72.3 Å². The molecule has 8 atom stereocenters. The first-order chi connectivity index (χ1) is 49.3. The van der Waals surface area contributed by atoms with Crippen LogP contribution >= 0.6 is 23.5 Å². The highest BCUT2D eigenvalue weighted by Crippen LogP contribution is 2.32. The van der Waals surface area contributed by atoms with Gasteiger partial charge in [0, 0.05) is 115 Å². The van der Waals surface area contributed by atoms with Gasteiger partial charge in [0.1, 0.15) is 76.9 Å². The molecule has 9 rings (SSSR count). The number of nitrogens with zero attached hydrogens (tertiary/aromatic N) is 3. The second-order valence-corrected chi connectivity index (χ2v) is 28.4. The van der Waals surface area contributed by atoms with Gasteiger partial charge in [-0.3, -0.25) is 47.9 Å². The summed E-state index contributed by atoms with van der Waals surface area (Å²) >= 11 is 2.83. The molecule has 7 aromatic rings. The molecule has 31 heteroatoms. The fraction of sp³-hybridized carbons (Fsp3) is 0.431. The Hall–Kier alpha value is -9.88. The largest absolute Gasteiger partial charge is 0.497 e. The topological polar surface area (TPSA) is 363 Å². The SMILES string of the molecule is COc1ccc(C[C@@H]2NC(=O)[C@H](Cc3ncc[nH]3)NC(=O)[C@H](CC(=O)O)NC(=O)[C@H](Cc3c[nH]c4ccc(F)cc34)NC(=O)[C@H](Cc3c[nH]c4ccc(F)cc34)NC(=O)[C@@H](C)NC(=O)[C@H](CCCCN(C)C)NC(=O)CCSCc3cc(F)cc(c3)CSCCNC(=O)[C@]3(C)CCCN3C2=O)cc1. The Balaban J connectivity index is 1.06. The number of carbonyl (C=O) groups excluding carboxylic acids is 9. The van der Waals surface area contributed by atoms with E-state index in [4.69, 9.17) is 4.74 Å². The molecule has 26 nitrogen and oxygen atoms in total. The minimum absolute atomic E-state index is 0.0249. The molecular weight excluding hydrogens is 1370 g/mol. The number of H-pyrrole nitrogens is 3. The maximum atomic E-state index is 15.2. The molecule has 9 amide bonds.